The van der Waals surface area contributed by atoms with Gasteiger partial charge in [-0.1, -0.05) is 18.2 Å². The van der Waals surface area contributed by atoms with Crippen LogP contribution in [0.1, 0.15) is 10.4 Å². The molecule has 0 radical (unpaired) electrons. The van der Waals surface area contributed by atoms with Crippen LogP contribution in [0.2, 0.25) is 0 Å². The summed E-state index contributed by atoms with van der Waals surface area (Å²) in [4.78, 5) is 29.5. The van der Waals surface area contributed by atoms with E-state index in [9.17, 15) is 9.59 Å². The number of hydrogen-bond acceptors (Lipinski definition) is 4. The Hall–Kier alpha value is -2.89. The molecule has 3 rings (SSSR count). The molecule has 4 N–H and O–H groups in total. The Bertz CT molecular complexity index is 883. The zero-order chi connectivity index (χ0) is 13.6. The van der Waals surface area contributed by atoms with Gasteiger partial charge in [-0.2, -0.15) is 0 Å². The number of benzene rings is 1. The number of aromatic carboxylic acids is 1. The molecule has 0 fully saturated rings. The summed E-state index contributed by atoms with van der Waals surface area (Å²) in [5.74, 6) is -1.27. The molecule has 6 nitrogen and oxygen atoms in total. The average Bonchev–Trinajstić information content (AvgIpc) is 2.38. The first-order valence-electron chi connectivity index (χ1n) is 5.52. The van der Waals surface area contributed by atoms with Crippen molar-refractivity contribution in [3.63, 3.8) is 0 Å². The van der Waals surface area contributed by atoms with Crippen LogP contribution in [0, 0.1) is 0 Å². The van der Waals surface area contributed by atoms with Gasteiger partial charge in [0.15, 0.2) is 0 Å². The van der Waals surface area contributed by atoms with Crippen molar-refractivity contribution in [2.75, 3.05) is 5.73 Å². The van der Waals surface area contributed by atoms with Crippen molar-refractivity contribution in [1.29, 1.82) is 0 Å². The number of anilines is 1. The second-order valence-corrected chi connectivity index (χ2v) is 4.12. The Kier molecular flexibility index (Phi) is 2.25. The van der Waals surface area contributed by atoms with Gasteiger partial charge in [-0.25, -0.2) is 9.78 Å². The molecule has 19 heavy (non-hydrogen) atoms. The lowest BCUT2D eigenvalue weighted by atomic mass is 10.1. The molecule has 94 valence electrons. The summed E-state index contributed by atoms with van der Waals surface area (Å²) in [6, 6.07) is 8.36. The van der Waals surface area contributed by atoms with Gasteiger partial charge in [-0.3, -0.25) is 4.79 Å². The summed E-state index contributed by atoms with van der Waals surface area (Å²) < 4.78 is 0. The number of pyridine rings is 2. The maximum absolute atomic E-state index is 11.9. The Morgan fingerprint density at radius 2 is 1.89 bits per heavy atom. The molecule has 1 aromatic carbocycles. The first-order chi connectivity index (χ1) is 9.08. The number of aromatic amines is 1. The lowest BCUT2D eigenvalue weighted by molar-refractivity contribution is 0.0698. The normalized spacial score (nSPS) is 10.9. The fourth-order valence-corrected chi connectivity index (χ4v) is 2.09. The molecule has 0 unspecified atom stereocenters. The average molecular weight is 255 g/mol. The molecule has 0 aliphatic rings. The van der Waals surface area contributed by atoms with Gasteiger partial charge in [-0.05, 0) is 17.5 Å². The predicted octanol–water partition coefficient (Wildman–Crippen LogP) is 1.36. The highest BCUT2D eigenvalue weighted by molar-refractivity contribution is 6.07. The first kappa shape index (κ1) is 11.2. The van der Waals surface area contributed by atoms with E-state index in [-0.39, 0.29) is 22.6 Å². The van der Waals surface area contributed by atoms with Crippen LogP contribution in [0.4, 0.5) is 5.82 Å². The highest BCUT2D eigenvalue weighted by Gasteiger charge is 2.13. The van der Waals surface area contributed by atoms with Crippen molar-refractivity contribution in [2.24, 2.45) is 0 Å². The summed E-state index contributed by atoms with van der Waals surface area (Å²) in [6.45, 7) is 0. The number of H-pyrrole nitrogens is 1. The van der Waals surface area contributed by atoms with Crippen molar-refractivity contribution in [3.8, 4) is 0 Å². The first-order valence-corrected chi connectivity index (χ1v) is 5.52. The lowest BCUT2D eigenvalue weighted by Crippen LogP contribution is -2.10. The second-order valence-electron chi connectivity index (χ2n) is 4.12. The maximum atomic E-state index is 11.9. The van der Waals surface area contributed by atoms with Gasteiger partial charge in [-0.15, -0.1) is 0 Å². The van der Waals surface area contributed by atoms with Gasteiger partial charge < -0.3 is 15.8 Å². The number of nitrogens with two attached hydrogens (primary N) is 1. The minimum Gasteiger partial charge on any atom is -0.478 e. The summed E-state index contributed by atoms with van der Waals surface area (Å²) in [5, 5.41) is 10.8. The van der Waals surface area contributed by atoms with Crippen molar-refractivity contribution in [3.05, 3.63) is 46.2 Å². The SMILES string of the molecule is Nc1nc2[nH]c(=O)c3ccccc3c2cc1C(=O)O. The van der Waals surface area contributed by atoms with E-state index in [1.54, 1.807) is 24.3 Å². The van der Waals surface area contributed by atoms with E-state index < -0.39 is 5.97 Å². The molecule has 0 spiro atoms. The fourth-order valence-electron chi connectivity index (χ4n) is 2.09. The van der Waals surface area contributed by atoms with E-state index in [2.05, 4.69) is 9.97 Å². The third-order valence-corrected chi connectivity index (χ3v) is 2.98. The zero-order valence-corrected chi connectivity index (χ0v) is 9.68. The van der Waals surface area contributed by atoms with Gasteiger partial charge >= 0.3 is 5.97 Å². The van der Waals surface area contributed by atoms with E-state index in [0.717, 1.165) is 0 Å². The zero-order valence-electron chi connectivity index (χ0n) is 9.68. The van der Waals surface area contributed by atoms with Crippen molar-refractivity contribution in [2.45, 2.75) is 0 Å². The summed E-state index contributed by atoms with van der Waals surface area (Å²) in [5.41, 5.74) is 5.49. The summed E-state index contributed by atoms with van der Waals surface area (Å²) in [7, 11) is 0. The Labute approximate surface area is 106 Å². The van der Waals surface area contributed by atoms with Crippen LogP contribution in [0.5, 0.6) is 0 Å². The monoisotopic (exact) mass is 255 g/mol. The van der Waals surface area contributed by atoms with Crippen LogP contribution in [0.15, 0.2) is 35.1 Å². The molecule has 0 aliphatic carbocycles. The highest BCUT2D eigenvalue weighted by atomic mass is 16.4. The molecule has 0 atom stereocenters. The van der Waals surface area contributed by atoms with Gasteiger partial charge in [0, 0.05) is 10.8 Å². The number of nitrogens with zero attached hydrogens (tertiary/aromatic N) is 1. The standard InChI is InChI=1S/C13H9N3O3/c14-10-9(13(18)19)5-8-6-3-1-2-4-7(6)12(17)16-11(8)15-10/h1-5H,(H,18,19)(H3,14,15,16,17). The van der Waals surface area contributed by atoms with Crippen LogP contribution >= 0.6 is 0 Å². The van der Waals surface area contributed by atoms with E-state index in [1.165, 1.54) is 6.07 Å². The van der Waals surface area contributed by atoms with Gasteiger partial charge in [0.2, 0.25) is 0 Å². The van der Waals surface area contributed by atoms with E-state index >= 15 is 0 Å². The molecule has 2 heterocycles. The van der Waals surface area contributed by atoms with Gasteiger partial charge in [0.25, 0.3) is 5.56 Å². The van der Waals surface area contributed by atoms with E-state index in [0.29, 0.717) is 16.2 Å². The predicted molar refractivity (Wildman–Crippen MR) is 71.2 cm³/mol. The number of nitrogen functional groups attached to an aromatic ring is 1. The number of carboxylic acids is 1. The fraction of sp³-hybridized carbons (Fsp3) is 0. The molecule has 3 aromatic rings. The second kappa shape index (κ2) is 3.81. The van der Waals surface area contributed by atoms with E-state index in [1.807, 2.05) is 0 Å². The largest absolute Gasteiger partial charge is 0.478 e. The highest BCUT2D eigenvalue weighted by Crippen LogP contribution is 2.23. The van der Waals surface area contributed by atoms with Crippen molar-refractivity contribution >= 4 is 33.6 Å². The molecular formula is C13H9N3O3. The van der Waals surface area contributed by atoms with E-state index in [4.69, 9.17) is 10.8 Å². The van der Waals surface area contributed by atoms with Crippen LogP contribution < -0.4 is 11.3 Å². The smallest absolute Gasteiger partial charge is 0.339 e. The number of aromatic nitrogens is 2. The molecule has 0 saturated carbocycles. The molecule has 0 aliphatic heterocycles. The number of carboxylic acid groups (broad SMARTS) is 1. The molecule has 2 aromatic heterocycles. The molecule has 0 saturated heterocycles. The third-order valence-electron chi connectivity index (χ3n) is 2.98. The number of hydrogen-bond donors (Lipinski definition) is 3. The van der Waals surface area contributed by atoms with Crippen molar-refractivity contribution < 1.29 is 9.90 Å². The minimum absolute atomic E-state index is 0.0790. The minimum atomic E-state index is -1.15. The third kappa shape index (κ3) is 1.61. The Morgan fingerprint density at radius 3 is 2.58 bits per heavy atom. The maximum Gasteiger partial charge on any atom is 0.339 e. The van der Waals surface area contributed by atoms with Crippen LogP contribution in [0.3, 0.4) is 0 Å². The van der Waals surface area contributed by atoms with Crippen molar-refractivity contribution in [1.82, 2.24) is 9.97 Å². The van der Waals surface area contributed by atoms with Gasteiger partial charge in [0.05, 0.1) is 0 Å². The quantitative estimate of drug-likeness (QED) is 0.569. The number of rotatable bonds is 1. The number of nitrogens with one attached hydrogen (secondary N) is 1. The van der Waals surface area contributed by atoms with Crippen LogP contribution in [-0.4, -0.2) is 21.0 Å². The van der Waals surface area contributed by atoms with Gasteiger partial charge in [0.1, 0.15) is 17.0 Å². The topological polar surface area (TPSA) is 109 Å². The Balaban J connectivity index is 2.57. The molecule has 0 amide bonds. The summed E-state index contributed by atoms with van der Waals surface area (Å²) in [6.07, 6.45) is 0. The molecule has 6 heteroatoms. The number of fused-ring (bicyclic) bond motifs is 3. The van der Waals surface area contributed by atoms with Crippen LogP contribution in [-0.2, 0) is 0 Å². The Morgan fingerprint density at radius 1 is 1.21 bits per heavy atom. The summed E-state index contributed by atoms with van der Waals surface area (Å²) >= 11 is 0. The molecule has 0 bridgehead atoms. The molecular weight excluding hydrogens is 246 g/mol. The number of carbonyl (C=O) groups is 1. The van der Waals surface area contributed by atoms with Crippen LogP contribution in [0.25, 0.3) is 21.8 Å². The lowest BCUT2D eigenvalue weighted by Gasteiger charge is -2.06.